The van der Waals surface area contributed by atoms with E-state index in [0.717, 1.165) is 16.7 Å². The van der Waals surface area contributed by atoms with Crippen molar-refractivity contribution in [2.24, 2.45) is 5.73 Å². The van der Waals surface area contributed by atoms with Gasteiger partial charge in [0.2, 0.25) is 17.7 Å². The van der Waals surface area contributed by atoms with Crippen LogP contribution in [0.4, 0.5) is 0 Å². The van der Waals surface area contributed by atoms with E-state index in [1.807, 2.05) is 45.9 Å². The normalized spacial score (nSPS) is 16.7. The van der Waals surface area contributed by atoms with Crippen LogP contribution in [-0.2, 0) is 32.1 Å². The molecule has 1 aliphatic rings. The van der Waals surface area contributed by atoms with Crippen LogP contribution < -0.4 is 26.4 Å². The Morgan fingerprint density at radius 3 is 2.34 bits per heavy atom. The maximum atomic E-state index is 14.2. The van der Waals surface area contributed by atoms with Crippen LogP contribution in [0.2, 0.25) is 0 Å². The third-order valence-corrected chi connectivity index (χ3v) is 10.8. The maximum Gasteiger partial charge on any atom is 0.287 e. The number of hydrogen-bond acceptors (Lipinski definition) is 9. The van der Waals surface area contributed by atoms with Crippen molar-refractivity contribution in [1.82, 2.24) is 20.9 Å². The van der Waals surface area contributed by atoms with E-state index in [1.54, 1.807) is 48.5 Å². The molecule has 0 spiro atoms. The quantitative estimate of drug-likeness (QED) is 0.129. The van der Waals surface area contributed by atoms with E-state index >= 15 is 0 Å². The lowest BCUT2D eigenvalue weighted by atomic mass is 9.96. The van der Waals surface area contributed by atoms with Crippen LogP contribution in [0.1, 0.15) is 53.1 Å². The number of fused-ring (bicyclic) bond motifs is 1. The second-order valence-corrected chi connectivity index (χ2v) is 15.2. The van der Waals surface area contributed by atoms with Gasteiger partial charge in [-0.05, 0) is 68.5 Å². The average molecular weight is 744 g/mol. The molecule has 0 aliphatic carbocycles. The molecule has 53 heavy (non-hydrogen) atoms. The highest BCUT2D eigenvalue weighted by Gasteiger charge is 2.50. The molecule has 6 N–H and O–H groups in total. The molecule has 0 bridgehead atoms. The van der Waals surface area contributed by atoms with Crippen molar-refractivity contribution >= 4 is 52.3 Å². The van der Waals surface area contributed by atoms with Crippen LogP contribution in [0, 0.1) is 13.8 Å². The standard InChI is InChI=1S/C39H45N5O8S/c1-22-11-9-12-23(2)26(22)20-41-37(49)34-39(3,4)53-21-44(34)38(50)32(46)27(17-24-13-7-6-8-14-24)42-35(47)28(19-31(40)45)43-36(48)30-18-25-15-10-16-29(51-5)33(25)52-30/h6-16,18,27-28,32,34,46H,17,19-21H2,1-5H3,(H2,40,45)(H,41,49)(H,42,47)(H,43,48)/t27-,28-,32-,34+/m0/s1. The summed E-state index contributed by atoms with van der Waals surface area (Å²) in [6.45, 7) is 7.91. The minimum atomic E-state index is -1.81. The fraction of sp³-hybridized carbons (Fsp3) is 0.359. The van der Waals surface area contributed by atoms with E-state index < -0.39 is 59.0 Å². The van der Waals surface area contributed by atoms with Gasteiger partial charge in [0, 0.05) is 16.7 Å². The second-order valence-electron chi connectivity index (χ2n) is 13.6. The van der Waals surface area contributed by atoms with E-state index in [2.05, 4.69) is 16.0 Å². The summed E-state index contributed by atoms with van der Waals surface area (Å²) >= 11 is 1.40. The first-order valence-corrected chi connectivity index (χ1v) is 18.1. The summed E-state index contributed by atoms with van der Waals surface area (Å²) in [5.41, 5.74) is 9.51. The van der Waals surface area contributed by atoms with Gasteiger partial charge in [0.1, 0.15) is 12.1 Å². The number of carbonyl (C=O) groups excluding carboxylic acids is 5. The third-order valence-electron chi connectivity index (χ3n) is 9.40. The number of benzene rings is 3. The predicted octanol–water partition coefficient (Wildman–Crippen LogP) is 3.12. The number of primary amides is 1. The molecule has 4 atom stereocenters. The first kappa shape index (κ1) is 38.9. The van der Waals surface area contributed by atoms with Crippen molar-refractivity contribution in [3.05, 3.63) is 101 Å². The molecule has 2 heterocycles. The molecule has 13 nitrogen and oxygen atoms in total. The Morgan fingerprint density at radius 1 is 1.00 bits per heavy atom. The van der Waals surface area contributed by atoms with Crippen LogP contribution in [0.3, 0.4) is 0 Å². The summed E-state index contributed by atoms with van der Waals surface area (Å²) in [5.74, 6) is -3.29. The number of carbonyl (C=O) groups is 5. The lowest BCUT2D eigenvalue weighted by molar-refractivity contribution is -0.148. The van der Waals surface area contributed by atoms with Gasteiger partial charge in [-0.1, -0.05) is 60.7 Å². The minimum Gasteiger partial charge on any atom is -0.493 e. The Bertz CT molecular complexity index is 1980. The van der Waals surface area contributed by atoms with Crippen LogP contribution in [0.25, 0.3) is 11.0 Å². The Morgan fingerprint density at radius 2 is 1.68 bits per heavy atom. The Balaban J connectivity index is 1.36. The number of thioether (sulfide) groups is 1. The van der Waals surface area contributed by atoms with E-state index in [0.29, 0.717) is 22.3 Å². The molecular weight excluding hydrogens is 699 g/mol. The van der Waals surface area contributed by atoms with Crippen LogP contribution in [-0.4, -0.2) is 81.5 Å². The van der Waals surface area contributed by atoms with Gasteiger partial charge in [-0.3, -0.25) is 24.0 Å². The summed E-state index contributed by atoms with van der Waals surface area (Å²) in [6, 6.07) is 17.7. The van der Waals surface area contributed by atoms with Crippen LogP contribution >= 0.6 is 11.8 Å². The minimum absolute atomic E-state index is 0.00783. The van der Waals surface area contributed by atoms with Gasteiger partial charge in [-0.25, -0.2) is 0 Å². The summed E-state index contributed by atoms with van der Waals surface area (Å²) in [5, 5.41) is 20.5. The Kier molecular flexibility index (Phi) is 12.1. The molecule has 1 saturated heterocycles. The molecule has 3 aromatic carbocycles. The first-order chi connectivity index (χ1) is 25.2. The number of furan rings is 1. The largest absolute Gasteiger partial charge is 0.493 e. The van der Waals surface area contributed by atoms with Gasteiger partial charge in [0.25, 0.3) is 11.8 Å². The van der Waals surface area contributed by atoms with Crippen molar-refractivity contribution < 1.29 is 38.2 Å². The van der Waals surface area contributed by atoms with E-state index in [9.17, 15) is 29.1 Å². The number of para-hydroxylation sites is 1. The molecular formula is C39H45N5O8S. The van der Waals surface area contributed by atoms with Gasteiger partial charge in [0.05, 0.1) is 25.4 Å². The number of aryl methyl sites for hydroxylation is 2. The SMILES string of the molecule is COc1cccc2cc(C(=O)N[C@@H](CC(N)=O)C(=O)N[C@@H](Cc3ccccc3)[C@H](O)C(=O)N3CSC(C)(C)[C@H]3C(=O)NCc3c(C)cccc3C)oc12. The molecule has 0 radical (unpaired) electrons. The highest BCUT2D eigenvalue weighted by atomic mass is 32.2. The Labute approximate surface area is 312 Å². The number of aliphatic hydroxyl groups excluding tert-OH is 1. The van der Waals surface area contributed by atoms with E-state index in [1.165, 1.54) is 29.8 Å². The molecule has 0 unspecified atom stereocenters. The topological polar surface area (TPSA) is 193 Å². The Hall–Kier alpha value is -5.34. The number of amides is 5. The van der Waals surface area contributed by atoms with Crippen LogP contribution in [0.5, 0.6) is 5.75 Å². The van der Waals surface area contributed by atoms with Crippen molar-refractivity contribution in [3.63, 3.8) is 0 Å². The second kappa shape index (κ2) is 16.6. The van der Waals surface area contributed by atoms with Crippen molar-refractivity contribution in [2.75, 3.05) is 13.0 Å². The summed E-state index contributed by atoms with van der Waals surface area (Å²) in [7, 11) is 1.46. The average Bonchev–Trinajstić information content (AvgIpc) is 3.71. The number of ether oxygens (including phenoxy) is 1. The van der Waals surface area contributed by atoms with Crippen molar-refractivity contribution in [3.8, 4) is 5.75 Å². The zero-order valence-corrected chi connectivity index (χ0v) is 31.1. The number of nitrogens with zero attached hydrogens (tertiary/aromatic N) is 1. The van der Waals surface area contributed by atoms with Gasteiger partial charge in [-0.2, -0.15) is 0 Å². The maximum absolute atomic E-state index is 14.2. The van der Waals surface area contributed by atoms with Crippen molar-refractivity contribution in [1.29, 1.82) is 0 Å². The number of nitrogens with one attached hydrogen (secondary N) is 3. The fourth-order valence-corrected chi connectivity index (χ4v) is 7.64. The number of rotatable bonds is 14. The predicted molar refractivity (Wildman–Crippen MR) is 201 cm³/mol. The fourth-order valence-electron chi connectivity index (χ4n) is 6.50. The first-order valence-electron chi connectivity index (χ1n) is 17.2. The van der Waals surface area contributed by atoms with E-state index in [-0.39, 0.29) is 30.5 Å². The summed E-state index contributed by atoms with van der Waals surface area (Å²) in [6.07, 6.45) is -2.38. The van der Waals surface area contributed by atoms with Crippen LogP contribution in [0.15, 0.2) is 77.2 Å². The van der Waals surface area contributed by atoms with Gasteiger partial charge in [-0.15, -0.1) is 11.8 Å². The smallest absolute Gasteiger partial charge is 0.287 e. The highest BCUT2D eigenvalue weighted by molar-refractivity contribution is 8.00. The third kappa shape index (κ3) is 9.00. The zero-order chi connectivity index (χ0) is 38.4. The molecule has 5 amide bonds. The number of hydrogen-bond donors (Lipinski definition) is 5. The molecule has 1 fully saturated rings. The number of methoxy groups -OCH3 is 1. The monoisotopic (exact) mass is 743 g/mol. The zero-order valence-electron chi connectivity index (χ0n) is 30.3. The van der Waals surface area contributed by atoms with Gasteiger partial charge < -0.3 is 40.8 Å². The van der Waals surface area contributed by atoms with Gasteiger partial charge >= 0.3 is 0 Å². The summed E-state index contributed by atoms with van der Waals surface area (Å²) in [4.78, 5) is 68.5. The summed E-state index contributed by atoms with van der Waals surface area (Å²) < 4.78 is 10.3. The van der Waals surface area contributed by atoms with Gasteiger partial charge in [0.15, 0.2) is 23.2 Å². The molecule has 280 valence electrons. The number of aliphatic hydroxyl groups is 1. The van der Waals surface area contributed by atoms with Crippen molar-refractivity contribution in [2.45, 2.75) is 76.1 Å². The molecule has 5 rings (SSSR count). The number of nitrogens with two attached hydrogens (primary N) is 1. The molecule has 14 heteroatoms. The lowest BCUT2D eigenvalue weighted by Crippen LogP contribution is -2.60. The molecule has 0 saturated carbocycles. The molecule has 4 aromatic rings. The highest BCUT2D eigenvalue weighted by Crippen LogP contribution is 2.40. The molecule has 1 aromatic heterocycles. The molecule has 1 aliphatic heterocycles. The van der Waals surface area contributed by atoms with E-state index in [4.69, 9.17) is 14.9 Å². The lowest BCUT2D eigenvalue weighted by Gasteiger charge is -2.33.